The van der Waals surface area contributed by atoms with Gasteiger partial charge in [-0.3, -0.25) is 5.32 Å². The van der Waals surface area contributed by atoms with Gasteiger partial charge in [0.25, 0.3) is 0 Å². The third kappa shape index (κ3) is 8.88. The Balaban J connectivity index is 1.75. The van der Waals surface area contributed by atoms with Crippen molar-refractivity contribution in [3.8, 4) is 11.4 Å². The average Bonchev–Trinajstić information content (AvgIpc) is 3.20. The summed E-state index contributed by atoms with van der Waals surface area (Å²) in [5, 5.41) is 7.71. The number of hydrogen-bond acceptors (Lipinski definition) is 6. The highest BCUT2D eigenvalue weighted by Gasteiger charge is 2.25. The van der Waals surface area contributed by atoms with Crippen LogP contribution in [0.15, 0.2) is 24.3 Å². The van der Waals surface area contributed by atoms with Crippen molar-refractivity contribution in [3.05, 3.63) is 35.0 Å². The van der Waals surface area contributed by atoms with Crippen LogP contribution in [0.5, 0.6) is 5.75 Å². The first-order valence-electron chi connectivity index (χ1n) is 11.2. The Kier molecular flexibility index (Phi) is 9.82. The van der Waals surface area contributed by atoms with E-state index < -0.39 is 16.5 Å². The first kappa shape index (κ1) is 28.2. The Hall–Kier alpha value is -1.42. The molecule has 8 nitrogen and oxygen atoms in total. The van der Waals surface area contributed by atoms with Crippen molar-refractivity contribution >= 4 is 58.3 Å². The van der Waals surface area contributed by atoms with Gasteiger partial charge >= 0.3 is 6.09 Å². The lowest BCUT2D eigenvalue weighted by Gasteiger charge is -2.22. The molecule has 0 saturated carbocycles. The second kappa shape index (κ2) is 12.2. The Morgan fingerprint density at radius 3 is 2.63 bits per heavy atom. The molecule has 3 rings (SSSR count). The molecule has 2 aromatic rings. The molecule has 0 aliphatic carbocycles. The van der Waals surface area contributed by atoms with Crippen LogP contribution in [0.3, 0.4) is 0 Å². The van der Waals surface area contributed by atoms with Crippen molar-refractivity contribution in [3.63, 3.8) is 0 Å². The van der Waals surface area contributed by atoms with Crippen LogP contribution in [-0.2, 0) is 19.6 Å². The molecule has 2 heterocycles. The van der Waals surface area contributed by atoms with Crippen LogP contribution in [0.4, 0.5) is 10.6 Å². The monoisotopic (exact) mass is 567 g/mol. The van der Waals surface area contributed by atoms with Gasteiger partial charge in [-0.1, -0.05) is 67.2 Å². The number of carbonyl (C=O) groups excluding carboxylic acids is 1. The second-order valence-corrected chi connectivity index (χ2v) is 11.9. The van der Waals surface area contributed by atoms with Gasteiger partial charge in [0.1, 0.15) is 24.8 Å². The third-order valence-electron chi connectivity index (χ3n) is 5.01. The molecular formula is C23H29Cl4N3O5. The maximum absolute atomic E-state index is 12.3. The molecule has 1 aromatic heterocycles. The third-order valence-corrected chi connectivity index (χ3v) is 5.66. The molecule has 1 aromatic carbocycles. The van der Waals surface area contributed by atoms with Crippen molar-refractivity contribution in [2.45, 2.75) is 55.5 Å². The number of nitrogens with one attached hydrogen (secondary N) is 1. The van der Waals surface area contributed by atoms with E-state index >= 15 is 0 Å². The number of benzene rings is 1. The molecule has 194 valence electrons. The highest BCUT2D eigenvalue weighted by atomic mass is 35.6. The molecule has 1 atom stereocenters. The fourth-order valence-corrected chi connectivity index (χ4v) is 3.60. The number of amides is 1. The molecule has 1 saturated heterocycles. The molecule has 1 N–H and O–H groups in total. The van der Waals surface area contributed by atoms with Gasteiger partial charge in [-0.05, 0) is 31.4 Å². The van der Waals surface area contributed by atoms with Gasteiger partial charge in [0.15, 0.2) is 6.29 Å². The number of aromatic nitrogens is 2. The van der Waals surface area contributed by atoms with Crippen LogP contribution < -0.4 is 10.1 Å². The number of alkyl halides is 3. The van der Waals surface area contributed by atoms with Gasteiger partial charge in [-0.15, -0.1) is 0 Å². The summed E-state index contributed by atoms with van der Waals surface area (Å²) in [5.41, 5.74) is 0.924. The largest absolute Gasteiger partial charge is 0.491 e. The summed E-state index contributed by atoms with van der Waals surface area (Å²) in [6.07, 6.45) is 2.07. The average molecular weight is 569 g/mol. The molecule has 1 fully saturated rings. The highest BCUT2D eigenvalue weighted by molar-refractivity contribution is 6.67. The number of hydrogen-bond donors (Lipinski definition) is 1. The number of nitrogens with zero attached hydrogens (tertiary/aromatic N) is 2. The Bertz CT molecular complexity index is 998. The molecule has 35 heavy (non-hydrogen) atoms. The first-order chi connectivity index (χ1) is 16.4. The predicted octanol–water partition coefficient (Wildman–Crippen LogP) is 6.66. The Morgan fingerprint density at radius 1 is 1.20 bits per heavy atom. The predicted molar refractivity (Wildman–Crippen MR) is 138 cm³/mol. The lowest BCUT2D eigenvalue weighted by Crippen LogP contribution is -2.24. The maximum Gasteiger partial charge on any atom is 0.412 e. The quantitative estimate of drug-likeness (QED) is 0.283. The van der Waals surface area contributed by atoms with Crippen molar-refractivity contribution in [2.24, 2.45) is 0 Å². The molecule has 0 spiro atoms. The summed E-state index contributed by atoms with van der Waals surface area (Å²) in [6, 6.07) is 6.91. The normalized spacial score (nSPS) is 16.7. The first-order valence-corrected chi connectivity index (χ1v) is 12.7. The molecule has 12 heteroatoms. The highest BCUT2D eigenvalue weighted by Crippen LogP contribution is 2.32. The van der Waals surface area contributed by atoms with Crippen molar-refractivity contribution < 1.29 is 23.7 Å². The minimum Gasteiger partial charge on any atom is -0.491 e. The van der Waals surface area contributed by atoms with Crippen molar-refractivity contribution in [2.75, 3.05) is 31.7 Å². The van der Waals surface area contributed by atoms with E-state index in [0.29, 0.717) is 35.5 Å². The minimum absolute atomic E-state index is 0.178. The van der Waals surface area contributed by atoms with E-state index in [4.69, 9.17) is 65.4 Å². The number of rotatable bonds is 8. The van der Waals surface area contributed by atoms with Gasteiger partial charge in [-0.2, -0.15) is 5.10 Å². The second-order valence-electron chi connectivity index (χ2n) is 9.02. The summed E-state index contributed by atoms with van der Waals surface area (Å²) in [6.45, 7) is 7.04. The fraction of sp³-hybridized carbons (Fsp3) is 0.565. The molecule has 0 bridgehead atoms. The van der Waals surface area contributed by atoms with Crippen LogP contribution in [0.2, 0.25) is 5.02 Å². The summed E-state index contributed by atoms with van der Waals surface area (Å²) in [5.74, 6) is 0.899. The lowest BCUT2D eigenvalue weighted by atomic mass is 9.92. The van der Waals surface area contributed by atoms with Gasteiger partial charge in [-0.25, -0.2) is 9.48 Å². The molecule has 1 amide bonds. The zero-order chi connectivity index (χ0) is 25.6. The van der Waals surface area contributed by atoms with Crippen molar-refractivity contribution in [1.29, 1.82) is 0 Å². The summed E-state index contributed by atoms with van der Waals surface area (Å²) < 4.78 is 21.9. The lowest BCUT2D eigenvalue weighted by molar-refractivity contribution is -0.165. The van der Waals surface area contributed by atoms with E-state index in [1.165, 1.54) is 4.68 Å². The number of halogens is 4. The van der Waals surface area contributed by atoms with Gasteiger partial charge in [0, 0.05) is 24.2 Å². The smallest absolute Gasteiger partial charge is 0.412 e. The van der Waals surface area contributed by atoms with Gasteiger partial charge in [0.05, 0.1) is 23.0 Å². The Labute approximate surface area is 225 Å². The molecule has 0 radical (unpaired) electrons. The summed E-state index contributed by atoms with van der Waals surface area (Å²) in [4.78, 5) is 12.3. The fourth-order valence-electron chi connectivity index (χ4n) is 3.23. The SMILES string of the molecule is CC(C)(C)c1cc(NC(=O)OCC(Cl)(Cl)Cl)n(-c2cc(OCCOC3CCCCO3)ccc2Cl)n1. The van der Waals surface area contributed by atoms with Crippen LogP contribution in [0.25, 0.3) is 5.69 Å². The minimum atomic E-state index is -1.73. The number of anilines is 1. The number of carbonyl (C=O) groups is 1. The van der Waals surface area contributed by atoms with Crippen LogP contribution in [-0.4, -0.2) is 52.4 Å². The van der Waals surface area contributed by atoms with Crippen LogP contribution in [0.1, 0.15) is 45.7 Å². The van der Waals surface area contributed by atoms with Crippen LogP contribution in [0, 0.1) is 0 Å². The van der Waals surface area contributed by atoms with Gasteiger partial charge in [0.2, 0.25) is 3.79 Å². The standard InChI is InChI=1S/C23H29Cl4N3O5/c1-22(2,3)18-13-19(28-21(31)35-14-23(25,26)27)30(29-18)17-12-15(7-8-16(17)24)32-10-11-34-20-6-4-5-9-33-20/h7-8,12-13,20H,4-6,9-11,14H2,1-3H3,(H,28,31). The van der Waals surface area contributed by atoms with Gasteiger partial charge < -0.3 is 18.9 Å². The number of ether oxygens (including phenoxy) is 4. The molecule has 1 unspecified atom stereocenters. The molecule has 1 aliphatic heterocycles. The Morgan fingerprint density at radius 2 is 1.97 bits per heavy atom. The zero-order valence-corrected chi connectivity index (χ0v) is 22.8. The van der Waals surface area contributed by atoms with E-state index in [2.05, 4.69) is 10.4 Å². The van der Waals surface area contributed by atoms with E-state index in [0.717, 1.165) is 31.6 Å². The summed E-state index contributed by atoms with van der Waals surface area (Å²) >= 11 is 23.5. The van der Waals surface area contributed by atoms with Crippen molar-refractivity contribution in [1.82, 2.24) is 9.78 Å². The molecular weight excluding hydrogens is 540 g/mol. The van der Waals surface area contributed by atoms with Crippen LogP contribution >= 0.6 is 46.4 Å². The van der Waals surface area contributed by atoms with E-state index in [9.17, 15) is 4.79 Å². The van der Waals surface area contributed by atoms with E-state index in [1.54, 1.807) is 24.3 Å². The zero-order valence-electron chi connectivity index (χ0n) is 19.8. The van der Waals surface area contributed by atoms with E-state index in [1.807, 2.05) is 20.8 Å². The summed E-state index contributed by atoms with van der Waals surface area (Å²) in [7, 11) is 0. The maximum atomic E-state index is 12.3. The molecule has 1 aliphatic rings. The van der Waals surface area contributed by atoms with E-state index in [-0.39, 0.29) is 11.7 Å². The topological polar surface area (TPSA) is 83.8 Å².